The van der Waals surface area contributed by atoms with E-state index in [0.29, 0.717) is 37.8 Å². The fourth-order valence-corrected chi connectivity index (χ4v) is 3.26. The monoisotopic (exact) mass is 457 g/mol. The van der Waals surface area contributed by atoms with Gasteiger partial charge in [-0.25, -0.2) is 18.7 Å². The highest BCUT2D eigenvalue weighted by molar-refractivity contribution is 5.92. The number of benzene rings is 1. The number of aryl methyl sites for hydroxylation is 1. The van der Waals surface area contributed by atoms with Crippen molar-refractivity contribution in [3.05, 3.63) is 59.6 Å². The first kappa shape index (κ1) is 24.1. The Morgan fingerprint density at radius 3 is 2.79 bits per heavy atom. The molecule has 1 unspecified atom stereocenters. The second kappa shape index (κ2) is 11.3. The zero-order valence-electron chi connectivity index (χ0n) is 18.9. The van der Waals surface area contributed by atoms with Crippen LogP contribution in [0.25, 0.3) is 0 Å². The Labute approximate surface area is 191 Å². The molecule has 0 bridgehead atoms. The molecule has 0 fully saturated rings. The molecule has 1 aromatic carbocycles. The van der Waals surface area contributed by atoms with Crippen LogP contribution in [0.5, 0.6) is 0 Å². The van der Waals surface area contributed by atoms with E-state index >= 15 is 0 Å². The van der Waals surface area contributed by atoms with Crippen molar-refractivity contribution in [2.75, 3.05) is 32.7 Å². The van der Waals surface area contributed by atoms with Gasteiger partial charge in [-0.3, -0.25) is 4.79 Å². The third kappa shape index (κ3) is 6.45. The van der Waals surface area contributed by atoms with Gasteiger partial charge in [-0.15, -0.1) is 5.10 Å². The van der Waals surface area contributed by atoms with Gasteiger partial charge in [0, 0.05) is 45.8 Å². The lowest BCUT2D eigenvalue weighted by Crippen LogP contribution is -2.37. The van der Waals surface area contributed by atoms with E-state index in [1.807, 2.05) is 25.1 Å². The van der Waals surface area contributed by atoms with Gasteiger partial charge in [0.1, 0.15) is 24.2 Å². The lowest BCUT2D eigenvalue weighted by Gasteiger charge is -2.16. The number of nitrogens with one attached hydrogen (secondary N) is 1. The van der Waals surface area contributed by atoms with Crippen LogP contribution in [0.4, 0.5) is 10.2 Å². The average molecular weight is 458 g/mol. The van der Waals surface area contributed by atoms with Gasteiger partial charge in [-0.05, 0) is 12.5 Å². The minimum Gasteiger partial charge on any atom is -0.384 e. The van der Waals surface area contributed by atoms with Crippen LogP contribution >= 0.6 is 0 Å². The Balaban J connectivity index is 1.59. The summed E-state index contributed by atoms with van der Waals surface area (Å²) >= 11 is 0. The molecule has 0 radical (unpaired) electrons. The number of ether oxygens (including phenoxy) is 1. The first-order chi connectivity index (χ1) is 15.9. The largest absolute Gasteiger partial charge is 0.384 e. The number of amides is 1. The van der Waals surface area contributed by atoms with Gasteiger partial charge in [-0.2, -0.15) is 5.10 Å². The third-order valence-corrected chi connectivity index (χ3v) is 4.99. The number of carbonyl (C=O) groups excluding carboxylic acids is 2. The van der Waals surface area contributed by atoms with Crippen molar-refractivity contribution in [3.8, 4) is 0 Å². The number of nitrogens with zero attached hydrogens (tertiary/aromatic N) is 6. The third-order valence-electron chi connectivity index (χ3n) is 4.99. The van der Waals surface area contributed by atoms with Gasteiger partial charge in [0.05, 0.1) is 24.9 Å². The van der Waals surface area contributed by atoms with Gasteiger partial charge >= 0.3 is 0 Å². The molecule has 11 heteroatoms. The van der Waals surface area contributed by atoms with Crippen molar-refractivity contribution in [1.29, 1.82) is 0 Å². The van der Waals surface area contributed by atoms with Gasteiger partial charge in [-0.1, -0.05) is 18.2 Å². The first-order valence-corrected chi connectivity index (χ1v) is 10.5. The molecular formula is C22H28FN7O3. The van der Waals surface area contributed by atoms with Gasteiger partial charge in [0.2, 0.25) is 5.82 Å². The molecule has 0 saturated heterocycles. The van der Waals surface area contributed by atoms with E-state index in [-0.39, 0.29) is 18.2 Å². The van der Waals surface area contributed by atoms with E-state index < -0.39 is 11.9 Å². The molecule has 176 valence electrons. The summed E-state index contributed by atoms with van der Waals surface area (Å²) < 4.78 is 22.1. The van der Waals surface area contributed by atoms with E-state index in [4.69, 9.17) is 4.74 Å². The lowest BCUT2D eigenvalue weighted by molar-refractivity contribution is -0.109. The molecule has 1 amide bonds. The summed E-state index contributed by atoms with van der Waals surface area (Å²) in [6.45, 7) is 1.13. The van der Waals surface area contributed by atoms with Crippen molar-refractivity contribution in [2.24, 2.45) is 0 Å². The number of aldehydes is 1. The molecule has 1 atom stereocenters. The maximum atomic E-state index is 13.8. The number of carbonyl (C=O) groups is 2. The SMILES string of the molecule is COCCc1cc(N(C)C)n(CCC(C=O)NC(=O)c2ncn(Cc3ccccc3F)n2)n1. The summed E-state index contributed by atoms with van der Waals surface area (Å²) in [5.74, 6) is -0.131. The quantitative estimate of drug-likeness (QED) is 0.409. The van der Waals surface area contributed by atoms with Crippen LogP contribution in [0.3, 0.4) is 0 Å². The highest BCUT2D eigenvalue weighted by Crippen LogP contribution is 2.15. The molecule has 0 aliphatic rings. The zero-order valence-corrected chi connectivity index (χ0v) is 18.9. The molecule has 1 N–H and O–H groups in total. The molecule has 3 aromatic rings. The Bertz CT molecular complexity index is 1080. The molecule has 0 aliphatic carbocycles. The summed E-state index contributed by atoms with van der Waals surface area (Å²) in [6.07, 6.45) is 3.06. The number of hydrogen-bond acceptors (Lipinski definition) is 7. The maximum absolute atomic E-state index is 13.8. The molecule has 2 heterocycles. The molecule has 10 nitrogen and oxygen atoms in total. The summed E-state index contributed by atoms with van der Waals surface area (Å²) in [7, 11) is 5.46. The van der Waals surface area contributed by atoms with Gasteiger partial charge in [0.25, 0.3) is 5.91 Å². The highest BCUT2D eigenvalue weighted by atomic mass is 19.1. The van der Waals surface area contributed by atoms with Crippen molar-refractivity contribution in [1.82, 2.24) is 29.9 Å². The van der Waals surface area contributed by atoms with E-state index in [1.165, 1.54) is 17.1 Å². The van der Waals surface area contributed by atoms with Crippen molar-refractivity contribution >= 4 is 18.0 Å². The first-order valence-electron chi connectivity index (χ1n) is 10.5. The topological polar surface area (TPSA) is 107 Å². The minimum absolute atomic E-state index is 0.0897. The number of rotatable bonds is 12. The van der Waals surface area contributed by atoms with E-state index in [1.54, 1.807) is 30.0 Å². The van der Waals surface area contributed by atoms with Crippen LogP contribution in [0.15, 0.2) is 36.7 Å². The Kier molecular flexibility index (Phi) is 8.25. The van der Waals surface area contributed by atoms with Crippen molar-refractivity contribution in [2.45, 2.75) is 32.0 Å². The lowest BCUT2D eigenvalue weighted by atomic mass is 10.2. The van der Waals surface area contributed by atoms with Gasteiger partial charge in [0.15, 0.2) is 0 Å². The normalized spacial score (nSPS) is 11.9. The van der Waals surface area contributed by atoms with E-state index in [9.17, 15) is 14.0 Å². The molecule has 0 saturated carbocycles. The van der Waals surface area contributed by atoms with Crippen LogP contribution in [0, 0.1) is 5.82 Å². The molecule has 0 aliphatic heterocycles. The Morgan fingerprint density at radius 1 is 1.30 bits per heavy atom. The molecular weight excluding hydrogens is 429 g/mol. The van der Waals surface area contributed by atoms with E-state index in [2.05, 4.69) is 20.5 Å². The maximum Gasteiger partial charge on any atom is 0.291 e. The predicted octanol–water partition coefficient (Wildman–Crippen LogP) is 1.30. The average Bonchev–Trinajstić information content (AvgIpc) is 3.44. The zero-order chi connectivity index (χ0) is 23.8. The van der Waals surface area contributed by atoms with Crippen LogP contribution in [0.2, 0.25) is 0 Å². The molecule has 2 aromatic heterocycles. The van der Waals surface area contributed by atoms with E-state index in [0.717, 1.165) is 11.5 Å². The van der Waals surface area contributed by atoms with Crippen LogP contribution < -0.4 is 10.2 Å². The minimum atomic E-state index is -0.738. The fraction of sp³-hybridized carbons (Fsp3) is 0.409. The van der Waals surface area contributed by atoms with Crippen LogP contribution in [0.1, 0.15) is 28.3 Å². The highest BCUT2D eigenvalue weighted by Gasteiger charge is 2.18. The second-order valence-electron chi connectivity index (χ2n) is 7.72. The number of hydrogen-bond donors (Lipinski definition) is 1. The molecule has 33 heavy (non-hydrogen) atoms. The fourth-order valence-electron chi connectivity index (χ4n) is 3.26. The summed E-state index contributed by atoms with van der Waals surface area (Å²) in [6, 6.07) is 7.55. The number of halogens is 1. The number of methoxy groups -OCH3 is 1. The number of aromatic nitrogens is 5. The molecule has 0 spiro atoms. The predicted molar refractivity (Wildman–Crippen MR) is 120 cm³/mol. The summed E-state index contributed by atoms with van der Waals surface area (Å²) in [4.78, 5) is 30.0. The van der Waals surface area contributed by atoms with Crippen LogP contribution in [-0.4, -0.2) is 70.6 Å². The van der Waals surface area contributed by atoms with Crippen molar-refractivity contribution in [3.63, 3.8) is 0 Å². The standard InChI is InChI=1S/C22H28FN7O3/c1-28(2)20-12-17(9-11-33-3)26-30(20)10-8-18(14-31)25-22(32)21-24-15-29(27-21)13-16-6-4-5-7-19(16)23/h4-7,12,14-15,18H,8-11,13H2,1-3H3,(H,25,32). The Morgan fingerprint density at radius 2 is 2.09 bits per heavy atom. The summed E-state index contributed by atoms with van der Waals surface area (Å²) in [5, 5.41) is 11.3. The summed E-state index contributed by atoms with van der Waals surface area (Å²) in [5.41, 5.74) is 1.32. The number of anilines is 1. The van der Waals surface area contributed by atoms with Gasteiger partial charge < -0.3 is 19.7 Å². The Hall–Kier alpha value is -3.60. The molecule has 3 rings (SSSR count). The smallest absolute Gasteiger partial charge is 0.291 e. The second-order valence-corrected chi connectivity index (χ2v) is 7.72. The van der Waals surface area contributed by atoms with Crippen LogP contribution in [-0.2, 0) is 29.0 Å². The van der Waals surface area contributed by atoms with Crippen molar-refractivity contribution < 1.29 is 18.7 Å².